The third kappa shape index (κ3) is 2.68. The molecule has 106 valence electrons. The number of aliphatic imine (C=N–C) groups is 2. The van der Waals surface area contributed by atoms with Crippen LogP contribution >= 0.6 is 11.6 Å². The number of aliphatic hydroxyl groups excluding tert-OH is 1. The summed E-state index contributed by atoms with van der Waals surface area (Å²) in [5, 5.41) is 10.7. The molecule has 1 atom stereocenters. The maximum absolute atomic E-state index is 10.1. The van der Waals surface area contributed by atoms with E-state index in [1.165, 1.54) is 7.11 Å². The van der Waals surface area contributed by atoms with Gasteiger partial charge in [0.15, 0.2) is 0 Å². The molecular weight excluding hydrogens is 288 g/mol. The first-order valence-corrected chi connectivity index (χ1v) is 6.80. The van der Waals surface area contributed by atoms with Crippen molar-refractivity contribution in [3.63, 3.8) is 0 Å². The van der Waals surface area contributed by atoms with Crippen LogP contribution in [0, 0.1) is 0 Å². The van der Waals surface area contributed by atoms with E-state index in [2.05, 4.69) is 9.98 Å². The van der Waals surface area contributed by atoms with Crippen molar-refractivity contribution in [3.8, 4) is 0 Å². The standard InChI is InChI=1S/C16H13ClN2O2/c1-21-16-15(20)19-14(10-5-3-2-4-6-10)12-9-11(17)7-8-13(12)18-16/h2-9,15,20H,1H3. The first-order valence-electron chi connectivity index (χ1n) is 6.43. The topological polar surface area (TPSA) is 54.2 Å². The van der Waals surface area contributed by atoms with Crippen molar-refractivity contribution in [1.29, 1.82) is 0 Å². The molecule has 0 saturated heterocycles. The van der Waals surface area contributed by atoms with Gasteiger partial charge in [0.2, 0.25) is 12.1 Å². The normalized spacial score (nSPS) is 17.4. The maximum atomic E-state index is 10.1. The van der Waals surface area contributed by atoms with Gasteiger partial charge >= 0.3 is 0 Å². The van der Waals surface area contributed by atoms with E-state index in [1.807, 2.05) is 30.3 Å². The van der Waals surface area contributed by atoms with Crippen molar-refractivity contribution in [3.05, 3.63) is 64.7 Å². The Morgan fingerprint density at radius 3 is 2.62 bits per heavy atom. The molecule has 2 aromatic carbocycles. The SMILES string of the molecule is COC1=Nc2ccc(Cl)cc2C(c2ccccc2)=NC1O. The van der Waals surface area contributed by atoms with Crippen molar-refractivity contribution < 1.29 is 9.84 Å². The fraction of sp³-hybridized carbons (Fsp3) is 0.125. The molecule has 5 heteroatoms. The first kappa shape index (κ1) is 13.8. The summed E-state index contributed by atoms with van der Waals surface area (Å²) in [7, 11) is 1.46. The Labute approximate surface area is 127 Å². The quantitative estimate of drug-likeness (QED) is 0.879. The minimum Gasteiger partial charge on any atom is -0.481 e. The van der Waals surface area contributed by atoms with Gasteiger partial charge in [0, 0.05) is 16.1 Å². The van der Waals surface area contributed by atoms with Crippen LogP contribution in [-0.2, 0) is 4.74 Å². The smallest absolute Gasteiger partial charge is 0.241 e. The summed E-state index contributed by atoms with van der Waals surface area (Å²) in [6.07, 6.45) is -1.14. The largest absolute Gasteiger partial charge is 0.481 e. The molecule has 1 aliphatic heterocycles. The molecule has 0 amide bonds. The predicted octanol–water partition coefficient (Wildman–Crippen LogP) is 3.19. The second kappa shape index (κ2) is 5.68. The Balaban J connectivity index is 2.24. The third-order valence-electron chi connectivity index (χ3n) is 3.17. The number of nitrogens with zero attached hydrogens (tertiary/aromatic N) is 2. The number of fused-ring (bicyclic) bond motifs is 1. The number of hydrogen-bond donors (Lipinski definition) is 1. The molecule has 0 saturated carbocycles. The molecule has 0 aromatic heterocycles. The van der Waals surface area contributed by atoms with Crippen LogP contribution in [0.25, 0.3) is 0 Å². The van der Waals surface area contributed by atoms with Crippen molar-refractivity contribution in [1.82, 2.24) is 0 Å². The van der Waals surface area contributed by atoms with E-state index in [4.69, 9.17) is 16.3 Å². The molecule has 1 heterocycles. The minimum atomic E-state index is -1.14. The van der Waals surface area contributed by atoms with Gasteiger partial charge in [0.1, 0.15) is 0 Å². The Bertz CT molecular complexity index is 726. The van der Waals surface area contributed by atoms with Crippen molar-refractivity contribution in [2.45, 2.75) is 6.23 Å². The molecule has 0 spiro atoms. The number of methoxy groups -OCH3 is 1. The van der Waals surface area contributed by atoms with E-state index in [0.29, 0.717) is 16.4 Å². The number of halogens is 1. The highest BCUT2D eigenvalue weighted by molar-refractivity contribution is 6.31. The number of aliphatic hydroxyl groups is 1. The van der Waals surface area contributed by atoms with Crippen LogP contribution in [0.2, 0.25) is 5.02 Å². The highest BCUT2D eigenvalue weighted by Crippen LogP contribution is 2.29. The Morgan fingerprint density at radius 1 is 1.14 bits per heavy atom. The minimum absolute atomic E-state index is 0.157. The van der Waals surface area contributed by atoms with Gasteiger partial charge in [-0.15, -0.1) is 0 Å². The highest BCUT2D eigenvalue weighted by Gasteiger charge is 2.22. The van der Waals surface area contributed by atoms with E-state index >= 15 is 0 Å². The average molecular weight is 301 g/mol. The van der Waals surface area contributed by atoms with Gasteiger partial charge in [-0.2, -0.15) is 0 Å². The van der Waals surface area contributed by atoms with Crippen molar-refractivity contribution >= 4 is 28.9 Å². The zero-order valence-corrected chi connectivity index (χ0v) is 12.1. The van der Waals surface area contributed by atoms with E-state index < -0.39 is 6.23 Å². The summed E-state index contributed by atoms with van der Waals surface area (Å²) in [6.45, 7) is 0. The lowest BCUT2D eigenvalue weighted by atomic mass is 10.0. The molecule has 0 radical (unpaired) electrons. The van der Waals surface area contributed by atoms with E-state index in [1.54, 1.807) is 18.2 Å². The molecular formula is C16H13ClN2O2. The number of hydrogen-bond acceptors (Lipinski definition) is 4. The van der Waals surface area contributed by atoms with E-state index in [-0.39, 0.29) is 5.90 Å². The Hall–Kier alpha value is -2.17. The summed E-state index contributed by atoms with van der Waals surface area (Å²) >= 11 is 6.09. The summed E-state index contributed by atoms with van der Waals surface area (Å²) in [5.41, 5.74) is 2.94. The molecule has 2 aromatic rings. The molecule has 1 aliphatic rings. The van der Waals surface area contributed by atoms with Gasteiger partial charge < -0.3 is 9.84 Å². The summed E-state index contributed by atoms with van der Waals surface area (Å²) < 4.78 is 5.11. The van der Waals surface area contributed by atoms with Crippen LogP contribution in [0.5, 0.6) is 0 Å². The monoisotopic (exact) mass is 300 g/mol. The van der Waals surface area contributed by atoms with Crippen LogP contribution in [0.3, 0.4) is 0 Å². The molecule has 4 nitrogen and oxygen atoms in total. The van der Waals surface area contributed by atoms with Crippen LogP contribution in [0.4, 0.5) is 5.69 Å². The van der Waals surface area contributed by atoms with Crippen LogP contribution < -0.4 is 0 Å². The number of benzene rings is 2. The molecule has 0 aliphatic carbocycles. The third-order valence-corrected chi connectivity index (χ3v) is 3.41. The average Bonchev–Trinajstić information content (AvgIpc) is 2.65. The van der Waals surface area contributed by atoms with Gasteiger partial charge in [-0.3, -0.25) is 0 Å². The maximum Gasteiger partial charge on any atom is 0.241 e. The van der Waals surface area contributed by atoms with Crippen LogP contribution in [0.1, 0.15) is 11.1 Å². The molecule has 1 N–H and O–H groups in total. The summed E-state index contributed by atoms with van der Waals surface area (Å²) in [5.74, 6) is 0.157. The van der Waals surface area contributed by atoms with E-state index in [9.17, 15) is 5.11 Å². The Morgan fingerprint density at radius 2 is 1.90 bits per heavy atom. The second-order valence-corrected chi connectivity index (χ2v) is 4.97. The summed E-state index contributed by atoms with van der Waals surface area (Å²) in [4.78, 5) is 8.67. The number of ether oxygens (including phenoxy) is 1. The molecule has 1 unspecified atom stereocenters. The Kier molecular flexibility index (Phi) is 3.73. The van der Waals surface area contributed by atoms with Gasteiger partial charge in [0.25, 0.3) is 0 Å². The molecule has 21 heavy (non-hydrogen) atoms. The fourth-order valence-corrected chi connectivity index (χ4v) is 2.37. The van der Waals surface area contributed by atoms with Crippen LogP contribution in [-0.4, -0.2) is 30.1 Å². The zero-order chi connectivity index (χ0) is 14.8. The molecule has 3 rings (SSSR count). The van der Waals surface area contributed by atoms with Crippen molar-refractivity contribution in [2.24, 2.45) is 9.98 Å². The zero-order valence-electron chi connectivity index (χ0n) is 11.3. The molecule has 0 fully saturated rings. The predicted molar refractivity (Wildman–Crippen MR) is 83.6 cm³/mol. The lowest BCUT2D eigenvalue weighted by Crippen LogP contribution is -2.20. The number of rotatable bonds is 1. The lowest BCUT2D eigenvalue weighted by Gasteiger charge is -2.09. The highest BCUT2D eigenvalue weighted by atomic mass is 35.5. The van der Waals surface area contributed by atoms with Gasteiger partial charge in [-0.1, -0.05) is 41.9 Å². The molecule has 0 bridgehead atoms. The first-order chi connectivity index (χ1) is 10.2. The second-order valence-electron chi connectivity index (χ2n) is 4.53. The van der Waals surface area contributed by atoms with Crippen LogP contribution in [0.15, 0.2) is 58.5 Å². The van der Waals surface area contributed by atoms with Gasteiger partial charge in [-0.05, 0) is 18.2 Å². The van der Waals surface area contributed by atoms with E-state index in [0.717, 1.165) is 11.1 Å². The lowest BCUT2D eigenvalue weighted by molar-refractivity contribution is 0.213. The van der Waals surface area contributed by atoms with Crippen molar-refractivity contribution in [2.75, 3.05) is 7.11 Å². The van der Waals surface area contributed by atoms with Gasteiger partial charge in [0.05, 0.1) is 18.5 Å². The fourth-order valence-electron chi connectivity index (χ4n) is 2.20. The van der Waals surface area contributed by atoms with Gasteiger partial charge in [-0.25, -0.2) is 9.98 Å². The summed E-state index contributed by atoms with van der Waals surface area (Å²) in [6, 6.07) is 14.9.